The Kier molecular flexibility index (Phi) is 7.50. The molecule has 1 aliphatic rings. The van der Waals surface area contributed by atoms with Crippen LogP contribution in [-0.4, -0.2) is 42.9 Å². The minimum atomic E-state index is -0.0174. The average molecular weight is 410 g/mol. The van der Waals surface area contributed by atoms with Crippen molar-refractivity contribution in [3.8, 4) is 11.5 Å². The molecule has 1 aliphatic heterocycles. The third kappa shape index (κ3) is 5.62. The van der Waals surface area contributed by atoms with Gasteiger partial charge < -0.3 is 14.4 Å². The summed E-state index contributed by atoms with van der Waals surface area (Å²) in [4.78, 5) is 26.3. The van der Waals surface area contributed by atoms with Gasteiger partial charge in [0.15, 0.2) is 17.3 Å². The van der Waals surface area contributed by atoms with Crippen LogP contribution < -0.4 is 9.47 Å². The minimum Gasteiger partial charge on any atom is -0.493 e. The van der Waals surface area contributed by atoms with E-state index < -0.39 is 0 Å². The maximum atomic E-state index is 12.8. The van der Waals surface area contributed by atoms with Crippen LogP contribution >= 0.6 is 0 Å². The summed E-state index contributed by atoms with van der Waals surface area (Å²) in [5.74, 6) is 1.31. The Labute approximate surface area is 179 Å². The second-order valence-corrected chi connectivity index (χ2v) is 7.95. The zero-order chi connectivity index (χ0) is 21.5. The Hall–Kier alpha value is -2.82. The maximum absolute atomic E-state index is 12.8. The largest absolute Gasteiger partial charge is 0.493 e. The fourth-order valence-electron chi connectivity index (χ4n) is 3.93. The summed E-state index contributed by atoms with van der Waals surface area (Å²) in [5, 5.41) is 0. The van der Waals surface area contributed by atoms with Gasteiger partial charge in [0.1, 0.15) is 0 Å². The summed E-state index contributed by atoms with van der Waals surface area (Å²) < 4.78 is 11.1. The van der Waals surface area contributed by atoms with Gasteiger partial charge in [0.25, 0.3) is 0 Å². The predicted molar refractivity (Wildman–Crippen MR) is 117 cm³/mol. The molecule has 0 N–H and O–H groups in total. The van der Waals surface area contributed by atoms with Crippen molar-refractivity contribution in [2.75, 3.05) is 20.3 Å². The maximum Gasteiger partial charge on any atom is 0.222 e. The van der Waals surface area contributed by atoms with Gasteiger partial charge >= 0.3 is 0 Å². The van der Waals surface area contributed by atoms with Crippen LogP contribution in [0.4, 0.5) is 0 Å². The van der Waals surface area contributed by atoms with E-state index in [1.54, 1.807) is 25.3 Å². The van der Waals surface area contributed by atoms with Crippen LogP contribution in [0.15, 0.2) is 42.5 Å². The zero-order valence-electron chi connectivity index (χ0n) is 18.1. The average Bonchev–Trinajstić information content (AvgIpc) is 3.20. The number of carbonyl (C=O) groups is 2. The Bertz CT molecular complexity index is 875. The summed E-state index contributed by atoms with van der Waals surface area (Å²) in [6.45, 7) is 4.88. The number of benzene rings is 2. The minimum absolute atomic E-state index is 0.0174. The first kappa shape index (κ1) is 21.9. The van der Waals surface area contributed by atoms with E-state index in [9.17, 15) is 9.59 Å². The summed E-state index contributed by atoms with van der Waals surface area (Å²) in [6, 6.07) is 14.0. The number of ether oxygens (including phenoxy) is 2. The number of nitrogens with zero attached hydrogens (tertiary/aromatic N) is 1. The fraction of sp³-hybridized carbons (Fsp3) is 0.440. The number of methoxy groups -OCH3 is 1. The zero-order valence-corrected chi connectivity index (χ0v) is 18.1. The molecule has 1 amide bonds. The van der Waals surface area contributed by atoms with Crippen LogP contribution in [0.3, 0.4) is 0 Å². The summed E-state index contributed by atoms with van der Waals surface area (Å²) >= 11 is 0. The molecule has 0 aliphatic carbocycles. The SMILES string of the molecule is COc1cc(C(C)=O)ccc1OCCCC(=O)N1CCCC1Cc1ccc(C)cc1. The molecule has 2 aromatic carbocycles. The van der Waals surface area contributed by atoms with E-state index in [1.165, 1.54) is 18.1 Å². The molecule has 5 heteroatoms. The van der Waals surface area contributed by atoms with Gasteiger partial charge in [-0.1, -0.05) is 29.8 Å². The van der Waals surface area contributed by atoms with Crippen LogP contribution in [0.1, 0.15) is 54.1 Å². The van der Waals surface area contributed by atoms with Crippen molar-refractivity contribution in [1.82, 2.24) is 4.90 Å². The first-order chi connectivity index (χ1) is 14.5. The van der Waals surface area contributed by atoms with E-state index in [4.69, 9.17) is 9.47 Å². The van der Waals surface area contributed by atoms with Gasteiger partial charge in [0, 0.05) is 24.6 Å². The number of aryl methyl sites for hydroxylation is 1. The van der Waals surface area contributed by atoms with Crippen molar-refractivity contribution in [3.05, 3.63) is 59.2 Å². The molecule has 0 saturated carbocycles. The number of amides is 1. The second kappa shape index (κ2) is 10.3. The first-order valence-corrected chi connectivity index (χ1v) is 10.6. The number of Topliss-reactive ketones (excluding diaryl/α,β-unsaturated/α-hetero) is 1. The number of likely N-dealkylation sites (tertiary alicyclic amines) is 1. The quantitative estimate of drug-likeness (QED) is 0.449. The standard InChI is InChI=1S/C25H31NO4/c1-18-8-10-20(11-9-18)16-22-6-4-14-26(22)25(28)7-5-15-30-23-13-12-21(19(2)27)17-24(23)29-3/h8-13,17,22H,4-7,14-16H2,1-3H3. The van der Waals surface area contributed by atoms with Gasteiger partial charge in [0.2, 0.25) is 5.91 Å². The van der Waals surface area contributed by atoms with E-state index in [0.717, 1.165) is 25.8 Å². The smallest absolute Gasteiger partial charge is 0.222 e. The molecule has 0 radical (unpaired) electrons. The van der Waals surface area contributed by atoms with Crippen LogP contribution in [0.25, 0.3) is 0 Å². The van der Waals surface area contributed by atoms with E-state index >= 15 is 0 Å². The van der Waals surface area contributed by atoms with Crippen molar-refractivity contribution < 1.29 is 19.1 Å². The number of hydrogen-bond donors (Lipinski definition) is 0. The molecule has 1 unspecified atom stereocenters. The van der Waals surface area contributed by atoms with Crippen LogP contribution in [0.2, 0.25) is 0 Å². The lowest BCUT2D eigenvalue weighted by Crippen LogP contribution is -2.36. The Balaban J connectivity index is 1.48. The van der Waals surface area contributed by atoms with E-state index in [0.29, 0.717) is 42.6 Å². The molecule has 0 spiro atoms. The lowest BCUT2D eigenvalue weighted by molar-refractivity contribution is -0.132. The first-order valence-electron chi connectivity index (χ1n) is 10.6. The summed E-state index contributed by atoms with van der Waals surface area (Å²) in [6.07, 6.45) is 4.17. The van der Waals surface area contributed by atoms with Gasteiger partial charge in [-0.15, -0.1) is 0 Å². The van der Waals surface area contributed by atoms with Crippen molar-refractivity contribution in [1.29, 1.82) is 0 Å². The van der Waals surface area contributed by atoms with Crippen LogP contribution in [0.5, 0.6) is 11.5 Å². The molecule has 2 aromatic rings. The molecular formula is C25H31NO4. The van der Waals surface area contributed by atoms with Crippen molar-refractivity contribution in [2.45, 2.75) is 52.0 Å². The molecule has 3 rings (SSSR count). The molecule has 0 bridgehead atoms. The number of ketones is 1. The summed E-state index contributed by atoms with van der Waals surface area (Å²) in [7, 11) is 1.55. The molecule has 1 atom stereocenters. The number of rotatable bonds is 9. The van der Waals surface area contributed by atoms with Gasteiger partial charge in [0.05, 0.1) is 13.7 Å². The van der Waals surface area contributed by atoms with Gasteiger partial charge in [-0.2, -0.15) is 0 Å². The second-order valence-electron chi connectivity index (χ2n) is 7.95. The Morgan fingerprint density at radius 3 is 2.57 bits per heavy atom. The normalized spacial score (nSPS) is 15.8. The van der Waals surface area contributed by atoms with E-state index in [2.05, 4.69) is 31.2 Å². The van der Waals surface area contributed by atoms with Gasteiger partial charge in [-0.3, -0.25) is 9.59 Å². The highest BCUT2D eigenvalue weighted by Gasteiger charge is 2.28. The van der Waals surface area contributed by atoms with Crippen LogP contribution in [-0.2, 0) is 11.2 Å². The molecule has 0 aromatic heterocycles. The Morgan fingerprint density at radius 1 is 1.10 bits per heavy atom. The highest BCUT2D eigenvalue weighted by atomic mass is 16.5. The third-order valence-electron chi connectivity index (χ3n) is 5.65. The van der Waals surface area contributed by atoms with Crippen LogP contribution in [0, 0.1) is 6.92 Å². The topological polar surface area (TPSA) is 55.8 Å². The van der Waals surface area contributed by atoms with Gasteiger partial charge in [-0.25, -0.2) is 0 Å². The lowest BCUT2D eigenvalue weighted by Gasteiger charge is -2.25. The Morgan fingerprint density at radius 2 is 1.87 bits per heavy atom. The number of hydrogen-bond acceptors (Lipinski definition) is 4. The number of carbonyl (C=O) groups excluding carboxylic acids is 2. The fourth-order valence-corrected chi connectivity index (χ4v) is 3.93. The highest BCUT2D eigenvalue weighted by molar-refractivity contribution is 5.94. The third-order valence-corrected chi connectivity index (χ3v) is 5.65. The molecule has 30 heavy (non-hydrogen) atoms. The monoisotopic (exact) mass is 409 g/mol. The van der Waals surface area contributed by atoms with Crippen molar-refractivity contribution in [2.24, 2.45) is 0 Å². The lowest BCUT2D eigenvalue weighted by atomic mass is 10.0. The van der Waals surface area contributed by atoms with E-state index in [-0.39, 0.29) is 11.7 Å². The molecule has 1 fully saturated rings. The van der Waals surface area contributed by atoms with Crippen molar-refractivity contribution >= 4 is 11.7 Å². The highest BCUT2D eigenvalue weighted by Crippen LogP contribution is 2.28. The van der Waals surface area contributed by atoms with E-state index in [1.807, 2.05) is 4.90 Å². The molecule has 160 valence electrons. The molecule has 1 heterocycles. The van der Waals surface area contributed by atoms with Gasteiger partial charge in [-0.05, 0) is 63.3 Å². The molecular weight excluding hydrogens is 378 g/mol. The molecule has 5 nitrogen and oxygen atoms in total. The molecule has 1 saturated heterocycles. The predicted octanol–water partition coefficient (Wildman–Crippen LogP) is 4.60. The van der Waals surface area contributed by atoms with Crippen molar-refractivity contribution in [3.63, 3.8) is 0 Å². The summed E-state index contributed by atoms with van der Waals surface area (Å²) in [5.41, 5.74) is 3.13.